The number of hydrogen-bond donors (Lipinski definition) is 2. The molecule has 2 aromatic carbocycles. The number of nitrogens with one attached hydrogen (secondary N) is 1. The Balaban J connectivity index is 1.79. The average molecular weight is 297 g/mol. The van der Waals surface area contributed by atoms with Crippen molar-refractivity contribution in [3.8, 4) is 5.75 Å². The van der Waals surface area contributed by atoms with Crippen molar-refractivity contribution in [3.63, 3.8) is 0 Å². The summed E-state index contributed by atoms with van der Waals surface area (Å²) in [5.41, 5.74) is 3.15. The molecule has 1 atom stereocenters. The third kappa shape index (κ3) is 2.95. The maximum atomic E-state index is 10.1. The molecule has 1 unspecified atom stereocenters. The molecular weight excluding hydrogens is 274 g/mol. The second kappa shape index (κ2) is 6.01. The summed E-state index contributed by atoms with van der Waals surface area (Å²) in [7, 11) is 0. The Labute approximate surface area is 131 Å². The summed E-state index contributed by atoms with van der Waals surface area (Å²) < 4.78 is 5.77. The fraction of sp³-hybridized carbons (Fsp3) is 0.368. The average Bonchev–Trinajstić information content (AvgIpc) is 2.54. The summed E-state index contributed by atoms with van der Waals surface area (Å²) in [6.07, 6.45) is 0.235. The van der Waals surface area contributed by atoms with Gasteiger partial charge in [0, 0.05) is 23.9 Å². The Kier molecular flexibility index (Phi) is 4.08. The second-order valence-corrected chi connectivity index (χ2v) is 6.48. The number of aliphatic hydroxyl groups is 1. The molecule has 0 bridgehead atoms. The van der Waals surface area contributed by atoms with Gasteiger partial charge in [0.1, 0.15) is 5.75 Å². The highest BCUT2D eigenvalue weighted by Crippen LogP contribution is 2.38. The van der Waals surface area contributed by atoms with Gasteiger partial charge >= 0.3 is 0 Å². The van der Waals surface area contributed by atoms with Gasteiger partial charge in [-0.2, -0.15) is 0 Å². The number of fused-ring (bicyclic) bond motifs is 1. The Bertz CT molecular complexity index is 637. The predicted molar refractivity (Wildman–Crippen MR) is 89.5 cm³/mol. The SMILES string of the molecule is CC(C)(CNc1cccc2c1OCCC2O)c1ccccc1. The maximum absolute atomic E-state index is 10.1. The van der Waals surface area contributed by atoms with Gasteiger partial charge in [0.15, 0.2) is 0 Å². The summed E-state index contributed by atoms with van der Waals surface area (Å²) >= 11 is 0. The fourth-order valence-corrected chi connectivity index (χ4v) is 2.85. The molecule has 1 aliphatic rings. The molecule has 0 saturated heterocycles. The van der Waals surface area contributed by atoms with Gasteiger partial charge in [-0.3, -0.25) is 0 Å². The van der Waals surface area contributed by atoms with Gasteiger partial charge in [-0.25, -0.2) is 0 Å². The molecule has 3 heteroatoms. The molecule has 1 aliphatic heterocycles. The Hall–Kier alpha value is -2.00. The van der Waals surface area contributed by atoms with Gasteiger partial charge in [0.2, 0.25) is 0 Å². The molecule has 0 saturated carbocycles. The van der Waals surface area contributed by atoms with Crippen molar-refractivity contribution in [2.24, 2.45) is 0 Å². The lowest BCUT2D eigenvalue weighted by Crippen LogP contribution is -2.28. The van der Waals surface area contributed by atoms with Crippen LogP contribution in [0.3, 0.4) is 0 Å². The third-order valence-corrected chi connectivity index (χ3v) is 4.32. The van der Waals surface area contributed by atoms with Crippen LogP contribution in [0.1, 0.15) is 37.5 Å². The molecule has 0 radical (unpaired) electrons. The highest BCUT2D eigenvalue weighted by atomic mass is 16.5. The first-order valence-electron chi connectivity index (χ1n) is 7.81. The fourth-order valence-electron chi connectivity index (χ4n) is 2.85. The highest BCUT2D eigenvalue weighted by Gasteiger charge is 2.24. The number of para-hydroxylation sites is 1. The third-order valence-electron chi connectivity index (χ3n) is 4.32. The van der Waals surface area contributed by atoms with E-state index in [9.17, 15) is 5.11 Å². The quantitative estimate of drug-likeness (QED) is 0.899. The van der Waals surface area contributed by atoms with Gasteiger partial charge in [0.05, 0.1) is 18.4 Å². The van der Waals surface area contributed by atoms with Crippen molar-refractivity contribution in [2.45, 2.75) is 31.8 Å². The van der Waals surface area contributed by atoms with Crippen LogP contribution < -0.4 is 10.1 Å². The molecule has 0 amide bonds. The largest absolute Gasteiger partial charge is 0.491 e. The van der Waals surface area contributed by atoms with Crippen LogP contribution in [0.2, 0.25) is 0 Å². The van der Waals surface area contributed by atoms with E-state index >= 15 is 0 Å². The minimum absolute atomic E-state index is 0.0112. The standard InChI is InChI=1S/C19H23NO2/c1-19(2,14-7-4-3-5-8-14)13-20-16-10-6-9-15-17(21)11-12-22-18(15)16/h3-10,17,20-21H,11-13H2,1-2H3. The summed E-state index contributed by atoms with van der Waals surface area (Å²) in [6, 6.07) is 16.4. The van der Waals surface area contributed by atoms with Crippen LogP contribution in [0.4, 0.5) is 5.69 Å². The zero-order valence-electron chi connectivity index (χ0n) is 13.2. The van der Waals surface area contributed by atoms with Gasteiger partial charge in [0.25, 0.3) is 0 Å². The van der Waals surface area contributed by atoms with Crippen LogP contribution >= 0.6 is 0 Å². The number of hydrogen-bond acceptors (Lipinski definition) is 3. The molecule has 1 heterocycles. The van der Waals surface area contributed by atoms with E-state index in [4.69, 9.17) is 4.74 Å². The Morgan fingerprint density at radius 1 is 1.14 bits per heavy atom. The van der Waals surface area contributed by atoms with Crippen molar-refractivity contribution < 1.29 is 9.84 Å². The van der Waals surface area contributed by atoms with Crippen molar-refractivity contribution in [1.82, 2.24) is 0 Å². The molecule has 2 aromatic rings. The van der Waals surface area contributed by atoms with E-state index in [2.05, 4.69) is 43.4 Å². The molecular formula is C19H23NO2. The van der Waals surface area contributed by atoms with Crippen molar-refractivity contribution in [1.29, 1.82) is 0 Å². The van der Waals surface area contributed by atoms with Crippen LogP contribution in [-0.2, 0) is 5.41 Å². The van der Waals surface area contributed by atoms with Gasteiger partial charge in [-0.05, 0) is 11.6 Å². The molecule has 0 fully saturated rings. The summed E-state index contributed by atoms with van der Waals surface area (Å²) in [5.74, 6) is 0.796. The van der Waals surface area contributed by atoms with Gasteiger partial charge in [-0.1, -0.05) is 56.3 Å². The molecule has 3 nitrogen and oxygen atoms in total. The van der Waals surface area contributed by atoms with E-state index in [-0.39, 0.29) is 5.41 Å². The van der Waals surface area contributed by atoms with Crippen molar-refractivity contribution in [3.05, 3.63) is 59.7 Å². The molecule has 116 valence electrons. The Morgan fingerprint density at radius 2 is 1.91 bits per heavy atom. The summed E-state index contributed by atoms with van der Waals surface area (Å²) in [6.45, 7) is 5.81. The number of anilines is 1. The number of rotatable bonds is 4. The van der Waals surface area contributed by atoms with Crippen LogP contribution in [0.5, 0.6) is 5.75 Å². The first kappa shape index (κ1) is 14.9. The number of benzene rings is 2. The maximum Gasteiger partial charge on any atom is 0.148 e. The minimum atomic E-state index is -0.423. The van der Waals surface area contributed by atoms with Crippen molar-refractivity contribution >= 4 is 5.69 Å². The molecule has 2 N–H and O–H groups in total. The lowest BCUT2D eigenvalue weighted by atomic mass is 9.84. The molecule has 0 aromatic heterocycles. The zero-order chi connectivity index (χ0) is 15.6. The minimum Gasteiger partial charge on any atom is -0.491 e. The van der Waals surface area contributed by atoms with Crippen molar-refractivity contribution in [2.75, 3.05) is 18.5 Å². The van der Waals surface area contributed by atoms with E-state index in [1.165, 1.54) is 5.56 Å². The Morgan fingerprint density at radius 3 is 2.68 bits per heavy atom. The number of ether oxygens (including phenoxy) is 1. The van der Waals surface area contributed by atoms with Crippen LogP contribution in [0.15, 0.2) is 48.5 Å². The second-order valence-electron chi connectivity index (χ2n) is 6.48. The first-order valence-corrected chi connectivity index (χ1v) is 7.81. The van der Waals surface area contributed by atoms with Crippen LogP contribution in [-0.4, -0.2) is 18.3 Å². The summed E-state index contributed by atoms with van der Waals surface area (Å²) in [5, 5.41) is 13.6. The molecule has 0 spiro atoms. The monoisotopic (exact) mass is 297 g/mol. The first-order chi connectivity index (χ1) is 10.6. The summed E-state index contributed by atoms with van der Waals surface area (Å²) in [4.78, 5) is 0. The van der Waals surface area contributed by atoms with E-state index in [1.54, 1.807) is 0 Å². The predicted octanol–water partition coefficient (Wildman–Crippen LogP) is 3.89. The normalized spacial score (nSPS) is 17.5. The van der Waals surface area contributed by atoms with E-state index in [0.717, 1.165) is 23.5 Å². The molecule has 22 heavy (non-hydrogen) atoms. The van der Waals surface area contributed by atoms with E-state index < -0.39 is 6.10 Å². The zero-order valence-corrected chi connectivity index (χ0v) is 13.2. The number of aliphatic hydroxyl groups excluding tert-OH is 1. The van der Waals surface area contributed by atoms with Gasteiger partial charge in [-0.15, -0.1) is 0 Å². The molecule has 3 rings (SSSR count). The lowest BCUT2D eigenvalue weighted by Gasteiger charge is -2.29. The van der Waals surface area contributed by atoms with Crippen LogP contribution in [0.25, 0.3) is 0 Å². The molecule has 0 aliphatic carbocycles. The van der Waals surface area contributed by atoms with E-state index in [0.29, 0.717) is 13.0 Å². The lowest BCUT2D eigenvalue weighted by molar-refractivity contribution is 0.116. The highest BCUT2D eigenvalue weighted by molar-refractivity contribution is 5.61. The van der Waals surface area contributed by atoms with Crippen LogP contribution in [0, 0.1) is 0 Å². The topological polar surface area (TPSA) is 41.5 Å². The smallest absolute Gasteiger partial charge is 0.148 e. The van der Waals surface area contributed by atoms with E-state index in [1.807, 2.05) is 24.3 Å². The van der Waals surface area contributed by atoms with Gasteiger partial charge < -0.3 is 15.2 Å².